The fourth-order valence-corrected chi connectivity index (χ4v) is 2.04. The molecule has 4 nitrogen and oxygen atoms in total. The number of unbranched alkanes of at least 4 members (excludes halogenated alkanes) is 8. The fraction of sp³-hybridized carbons (Fsp3) is 0.875. The Balaban J connectivity index is 3.67. The van der Waals surface area contributed by atoms with Gasteiger partial charge in [0.2, 0.25) is 12.4 Å². The summed E-state index contributed by atoms with van der Waals surface area (Å²) in [6, 6.07) is 0. The van der Waals surface area contributed by atoms with E-state index in [9.17, 15) is 10.4 Å². The van der Waals surface area contributed by atoms with E-state index in [-0.39, 0.29) is 0 Å². The van der Waals surface area contributed by atoms with Crippen molar-refractivity contribution in [2.45, 2.75) is 78.1 Å². The molecule has 0 saturated heterocycles. The molecule has 118 valence electrons. The molecule has 0 bridgehead atoms. The zero-order valence-corrected chi connectivity index (χ0v) is 13.4. The Hall–Kier alpha value is -1.06. The van der Waals surface area contributed by atoms with E-state index in [0.29, 0.717) is 13.1 Å². The van der Waals surface area contributed by atoms with Gasteiger partial charge in [-0.1, -0.05) is 52.4 Å². The molecule has 0 atom stereocenters. The van der Waals surface area contributed by atoms with Gasteiger partial charge < -0.3 is 10.4 Å². The van der Waals surface area contributed by atoms with Gasteiger partial charge in [0.25, 0.3) is 0 Å². The van der Waals surface area contributed by atoms with Crippen molar-refractivity contribution in [1.82, 2.24) is 0 Å². The van der Waals surface area contributed by atoms with E-state index < -0.39 is 0 Å². The fourth-order valence-electron chi connectivity index (χ4n) is 2.04. The minimum Gasteiger partial charge on any atom is -0.624 e. The maximum absolute atomic E-state index is 11.5. The molecule has 0 fully saturated rings. The van der Waals surface area contributed by atoms with Crippen LogP contribution in [0.25, 0.3) is 0 Å². The lowest BCUT2D eigenvalue weighted by Gasteiger charge is -2.04. The summed E-state index contributed by atoms with van der Waals surface area (Å²) in [6.45, 7) is 5.33. The molecular weight excluding hydrogens is 252 g/mol. The molecule has 0 aromatic heterocycles. The van der Waals surface area contributed by atoms with Crippen LogP contribution in [0.4, 0.5) is 0 Å². The molecule has 0 rings (SSSR count). The lowest BCUT2D eigenvalue weighted by atomic mass is 10.1. The highest BCUT2D eigenvalue weighted by Gasteiger charge is 1.97. The van der Waals surface area contributed by atoms with Crippen molar-refractivity contribution in [1.29, 1.82) is 0 Å². The van der Waals surface area contributed by atoms with Crippen LogP contribution in [0, 0.1) is 10.4 Å². The summed E-state index contributed by atoms with van der Waals surface area (Å²) in [6.07, 6.45) is 14.0. The molecule has 0 unspecified atom stereocenters. The van der Waals surface area contributed by atoms with Crippen molar-refractivity contribution in [3.8, 4) is 0 Å². The largest absolute Gasteiger partial charge is 0.624 e. The second kappa shape index (κ2) is 14.4. The molecule has 20 heavy (non-hydrogen) atoms. The smallest absolute Gasteiger partial charge is 0.239 e. The van der Waals surface area contributed by atoms with Crippen molar-refractivity contribution in [3.05, 3.63) is 10.4 Å². The second-order valence-electron chi connectivity index (χ2n) is 5.41. The Morgan fingerprint density at radius 3 is 1.30 bits per heavy atom. The SMILES string of the molecule is CCCCCCC/[N+]([O-])=C/C=[N+](\[O-])CCCCCCC. The van der Waals surface area contributed by atoms with Gasteiger partial charge in [0, 0.05) is 12.8 Å². The summed E-state index contributed by atoms with van der Waals surface area (Å²) in [5.74, 6) is 0. The molecule has 0 heterocycles. The molecule has 0 aliphatic rings. The first-order chi connectivity index (χ1) is 9.70. The highest BCUT2D eigenvalue weighted by Crippen LogP contribution is 2.02. The van der Waals surface area contributed by atoms with Crippen molar-refractivity contribution in [2.75, 3.05) is 13.1 Å². The summed E-state index contributed by atoms with van der Waals surface area (Å²) < 4.78 is 1.74. The molecule has 4 heteroatoms. The zero-order valence-electron chi connectivity index (χ0n) is 13.4. The first kappa shape index (κ1) is 18.9. The Kier molecular flexibility index (Phi) is 13.6. The number of hydrogen-bond donors (Lipinski definition) is 0. The maximum Gasteiger partial charge on any atom is 0.239 e. The molecule has 0 spiro atoms. The molecular formula is C16H32N2O2. The van der Waals surface area contributed by atoms with Crippen LogP contribution in [0.15, 0.2) is 0 Å². The average Bonchev–Trinajstić information content (AvgIpc) is 2.44. The molecule has 0 aliphatic heterocycles. The molecule has 0 saturated carbocycles. The molecule has 0 aromatic rings. The van der Waals surface area contributed by atoms with E-state index >= 15 is 0 Å². The van der Waals surface area contributed by atoms with Crippen LogP contribution >= 0.6 is 0 Å². The molecule has 0 aromatic carbocycles. The van der Waals surface area contributed by atoms with E-state index in [0.717, 1.165) is 35.2 Å². The summed E-state index contributed by atoms with van der Waals surface area (Å²) in [4.78, 5) is 0. The van der Waals surface area contributed by atoms with Crippen LogP contribution in [0.5, 0.6) is 0 Å². The van der Waals surface area contributed by atoms with Gasteiger partial charge >= 0.3 is 0 Å². The van der Waals surface area contributed by atoms with E-state index in [2.05, 4.69) is 13.8 Å². The van der Waals surface area contributed by atoms with Crippen LogP contribution in [0.2, 0.25) is 0 Å². The van der Waals surface area contributed by atoms with Gasteiger partial charge in [0.1, 0.15) is 0 Å². The minimum absolute atomic E-state index is 0.491. The molecule has 0 aliphatic carbocycles. The number of nitrogens with zero attached hydrogens (tertiary/aromatic N) is 2. The standard InChI is InChI=1S/C16H32N2O2/c1-3-5-7-9-11-13-17(19)15-16-18(20)14-12-10-8-6-4-2/h15-16H,3-14H2,1-2H3/b17-15-,18-16-. The first-order valence-electron chi connectivity index (χ1n) is 8.26. The van der Waals surface area contributed by atoms with Gasteiger partial charge in [0.15, 0.2) is 13.1 Å². The lowest BCUT2D eigenvalue weighted by molar-refractivity contribution is -0.465. The van der Waals surface area contributed by atoms with Crippen LogP contribution in [-0.2, 0) is 0 Å². The third kappa shape index (κ3) is 13.4. The summed E-state index contributed by atoms with van der Waals surface area (Å²) in [5.41, 5.74) is 0. The van der Waals surface area contributed by atoms with Crippen molar-refractivity contribution < 1.29 is 9.48 Å². The third-order valence-electron chi connectivity index (χ3n) is 3.36. The summed E-state index contributed by atoms with van der Waals surface area (Å²) in [7, 11) is 0. The van der Waals surface area contributed by atoms with Gasteiger partial charge in [-0.15, -0.1) is 0 Å². The molecule has 0 N–H and O–H groups in total. The lowest BCUT2D eigenvalue weighted by Crippen LogP contribution is -2.13. The summed E-state index contributed by atoms with van der Waals surface area (Å²) in [5, 5.41) is 22.9. The van der Waals surface area contributed by atoms with Crippen LogP contribution < -0.4 is 0 Å². The molecule has 0 amide bonds. The predicted octanol–water partition coefficient (Wildman–Crippen LogP) is 4.09. The predicted molar refractivity (Wildman–Crippen MR) is 86.6 cm³/mol. The van der Waals surface area contributed by atoms with E-state index in [4.69, 9.17) is 0 Å². The van der Waals surface area contributed by atoms with Crippen molar-refractivity contribution in [3.63, 3.8) is 0 Å². The Morgan fingerprint density at radius 1 is 0.600 bits per heavy atom. The quantitative estimate of drug-likeness (QED) is 0.168. The van der Waals surface area contributed by atoms with Crippen LogP contribution in [0.1, 0.15) is 78.1 Å². The monoisotopic (exact) mass is 284 g/mol. The van der Waals surface area contributed by atoms with Gasteiger partial charge in [-0.05, 0) is 12.8 Å². The van der Waals surface area contributed by atoms with E-state index in [1.54, 1.807) is 0 Å². The highest BCUT2D eigenvalue weighted by molar-refractivity contribution is 6.10. The van der Waals surface area contributed by atoms with Gasteiger partial charge in [-0.25, -0.2) is 9.48 Å². The van der Waals surface area contributed by atoms with E-state index in [1.165, 1.54) is 51.0 Å². The Bertz CT molecular complexity index is 248. The van der Waals surface area contributed by atoms with Crippen LogP contribution in [0.3, 0.4) is 0 Å². The first-order valence-corrected chi connectivity index (χ1v) is 8.26. The maximum atomic E-state index is 11.5. The Morgan fingerprint density at radius 2 is 0.950 bits per heavy atom. The zero-order chi connectivity index (χ0) is 15.1. The van der Waals surface area contributed by atoms with Crippen molar-refractivity contribution >= 4 is 12.4 Å². The number of hydrogen-bond acceptors (Lipinski definition) is 2. The third-order valence-corrected chi connectivity index (χ3v) is 3.36. The topological polar surface area (TPSA) is 52.1 Å². The normalized spacial score (nSPS) is 12.9. The average molecular weight is 284 g/mol. The molecule has 0 radical (unpaired) electrons. The Labute approximate surface area is 124 Å². The minimum atomic E-state index is 0.491. The summed E-state index contributed by atoms with van der Waals surface area (Å²) >= 11 is 0. The highest BCUT2D eigenvalue weighted by atomic mass is 16.5. The van der Waals surface area contributed by atoms with Gasteiger partial charge in [-0.2, -0.15) is 0 Å². The van der Waals surface area contributed by atoms with Gasteiger partial charge in [-0.3, -0.25) is 0 Å². The van der Waals surface area contributed by atoms with Gasteiger partial charge in [0.05, 0.1) is 0 Å². The van der Waals surface area contributed by atoms with Crippen molar-refractivity contribution in [2.24, 2.45) is 0 Å². The number of hydroxylamine groups is 2. The number of rotatable bonds is 13. The van der Waals surface area contributed by atoms with Crippen LogP contribution in [-0.4, -0.2) is 35.0 Å². The second-order valence-corrected chi connectivity index (χ2v) is 5.41. The van der Waals surface area contributed by atoms with E-state index in [1.807, 2.05) is 0 Å².